The molecule has 0 saturated carbocycles. The summed E-state index contributed by atoms with van der Waals surface area (Å²) in [4.78, 5) is 8.71. The van der Waals surface area contributed by atoms with Gasteiger partial charge in [0.1, 0.15) is 23.4 Å². The third-order valence-electron chi connectivity index (χ3n) is 4.16. The topological polar surface area (TPSA) is 119 Å². The standard InChI is InChI=1S/C19H17N7O2/c1-11-3-4-13(24-23-11)9-20-19-14-7-12(15-5-6-17(27)26-25-15)8-16(28-2)18(14)21-10-22-19/h3-8,10H,9H2,1-2H3,(H,26,27)(H,20,21,22). The highest BCUT2D eigenvalue weighted by Crippen LogP contribution is 2.33. The Bertz CT molecular complexity index is 1120. The van der Waals surface area contributed by atoms with Gasteiger partial charge in [-0.3, -0.25) is 0 Å². The summed E-state index contributed by atoms with van der Waals surface area (Å²) in [6, 6.07) is 10.7. The number of hydrogen-bond acceptors (Lipinski definition) is 9. The number of aryl methyl sites for hydroxylation is 1. The molecule has 0 aliphatic carbocycles. The maximum absolute atomic E-state index is 9.38. The van der Waals surface area contributed by atoms with Crippen LogP contribution in [0.3, 0.4) is 0 Å². The maximum Gasteiger partial charge on any atom is 0.230 e. The molecule has 9 nitrogen and oxygen atoms in total. The molecule has 1 aromatic carbocycles. The molecular weight excluding hydrogens is 358 g/mol. The molecule has 0 saturated heterocycles. The highest BCUT2D eigenvalue weighted by molar-refractivity contribution is 5.96. The van der Waals surface area contributed by atoms with Gasteiger partial charge in [0.25, 0.3) is 0 Å². The number of methoxy groups -OCH3 is 1. The number of nitrogens with zero attached hydrogens (tertiary/aromatic N) is 6. The third-order valence-corrected chi connectivity index (χ3v) is 4.16. The monoisotopic (exact) mass is 375 g/mol. The minimum absolute atomic E-state index is 0.138. The Hall–Kier alpha value is -3.88. The average Bonchev–Trinajstić information content (AvgIpc) is 2.73. The molecule has 3 aromatic heterocycles. The van der Waals surface area contributed by atoms with Gasteiger partial charge in [-0.25, -0.2) is 9.97 Å². The largest absolute Gasteiger partial charge is 0.494 e. The molecule has 3 heterocycles. The van der Waals surface area contributed by atoms with Gasteiger partial charge in [-0.15, -0.1) is 10.2 Å². The van der Waals surface area contributed by atoms with Crippen LogP contribution in [-0.2, 0) is 6.54 Å². The Morgan fingerprint density at radius 2 is 1.89 bits per heavy atom. The van der Waals surface area contributed by atoms with Crippen LogP contribution in [0, 0.1) is 6.92 Å². The van der Waals surface area contributed by atoms with E-state index in [0.29, 0.717) is 29.3 Å². The van der Waals surface area contributed by atoms with E-state index in [-0.39, 0.29) is 5.88 Å². The number of anilines is 1. The molecule has 9 heteroatoms. The van der Waals surface area contributed by atoms with Crippen molar-refractivity contribution >= 4 is 16.7 Å². The smallest absolute Gasteiger partial charge is 0.230 e. The Morgan fingerprint density at radius 3 is 2.61 bits per heavy atom. The van der Waals surface area contributed by atoms with Crippen LogP contribution in [0.15, 0.2) is 42.7 Å². The predicted octanol–water partition coefficient (Wildman–Crippen LogP) is 2.51. The van der Waals surface area contributed by atoms with E-state index >= 15 is 0 Å². The lowest BCUT2D eigenvalue weighted by Gasteiger charge is -2.12. The molecule has 140 valence electrons. The molecular formula is C19H17N7O2. The van der Waals surface area contributed by atoms with E-state index < -0.39 is 0 Å². The fraction of sp³-hybridized carbons (Fsp3) is 0.158. The number of rotatable bonds is 5. The van der Waals surface area contributed by atoms with Gasteiger partial charge in [-0.1, -0.05) is 0 Å². The van der Waals surface area contributed by atoms with Gasteiger partial charge < -0.3 is 15.2 Å². The summed E-state index contributed by atoms with van der Waals surface area (Å²) in [6.45, 7) is 2.35. The summed E-state index contributed by atoms with van der Waals surface area (Å²) in [5, 5.41) is 29.4. The maximum atomic E-state index is 9.38. The van der Waals surface area contributed by atoms with Gasteiger partial charge in [0, 0.05) is 17.0 Å². The molecule has 0 aliphatic rings. The summed E-state index contributed by atoms with van der Waals surface area (Å²) in [7, 11) is 1.58. The summed E-state index contributed by atoms with van der Waals surface area (Å²) in [5.41, 5.74) is 3.69. The summed E-state index contributed by atoms with van der Waals surface area (Å²) in [5.74, 6) is 1.09. The fourth-order valence-corrected chi connectivity index (χ4v) is 2.75. The molecule has 4 rings (SSSR count). The van der Waals surface area contributed by atoms with Crippen molar-refractivity contribution in [2.24, 2.45) is 0 Å². The van der Waals surface area contributed by atoms with Crippen molar-refractivity contribution in [2.75, 3.05) is 12.4 Å². The van der Waals surface area contributed by atoms with Crippen LogP contribution in [0.1, 0.15) is 11.4 Å². The van der Waals surface area contributed by atoms with Crippen LogP contribution >= 0.6 is 0 Å². The normalized spacial score (nSPS) is 10.8. The minimum atomic E-state index is -0.138. The van der Waals surface area contributed by atoms with Crippen molar-refractivity contribution in [3.05, 3.63) is 54.1 Å². The number of benzene rings is 1. The highest BCUT2D eigenvalue weighted by atomic mass is 16.5. The SMILES string of the molecule is COc1cc(-c2ccc(O)nn2)cc2c(NCc3ccc(C)nn3)ncnc12. The molecule has 0 aliphatic heterocycles. The van der Waals surface area contributed by atoms with E-state index in [9.17, 15) is 5.11 Å². The molecule has 2 N–H and O–H groups in total. The van der Waals surface area contributed by atoms with Crippen molar-refractivity contribution in [3.63, 3.8) is 0 Å². The number of ether oxygens (including phenoxy) is 1. The van der Waals surface area contributed by atoms with E-state index in [0.717, 1.165) is 22.3 Å². The number of aromatic hydroxyl groups is 1. The zero-order chi connectivity index (χ0) is 19.5. The summed E-state index contributed by atoms with van der Waals surface area (Å²) in [6.07, 6.45) is 1.48. The van der Waals surface area contributed by atoms with E-state index in [1.807, 2.05) is 31.2 Å². The van der Waals surface area contributed by atoms with Gasteiger partial charge in [0.15, 0.2) is 0 Å². The molecule has 0 fully saturated rings. The Labute approximate surface area is 160 Å². The number of hydrogen-bond donors (Lipinski definition) is 2. The Kier molecular flexibility index (Phi) is 4.63. The van der Waals surface area contributed by atoms with Crippen molar-refractivity contribution < 1.29 is 9.84 Å². The van der Waals surface area contributed by atoms with Crippen LogP contribution in [0.25, 0.3) is 22.2 Å². The van der Waals surface area contributed by atoms with Gasteiger partial charge in [0.2, 0.25) is 5.88 Å². The Balaban J connectivity index is 1.75. The number of nitrogens with one attached hydrogen (secondary N) is 1. The second kappa shape index (κ2) is 7.39. The zero-order valence-corrected chi connectivity index (χ0v) is 15.3. The second-order valence-electron chi connectivity index (χ2n) is 6.09. The molecule has 0 atom stereocenters. The lowest BCUT2D eigenvalue weighted by molar-refractivity contribution is 0.419. The molecule has 4 aromatic rings. The minimum Gasteiger partial charge on any atom is -0.494 e. The molecule has 0 amide bonds. The van der Waals surface area contributed by atoms with Crippen molar-refractivity contribution in [1.82, 2.24) is 30.4 Å². The van der Waals surface area contributed by atoms with Crippen LogP contribution in [0.2, 0.25) is 0 Å². The molecule has 0 radical (unpaired) electrons. The van der Waals surface area contributed by atoms with Gasteiger partial charge in [-0.2, -0.15) is 10.2 Å². The van der Waals surface area contributed by atoms with Crippen molar-refractivity contribution in [1.29, 1.82) is 0 Å². The lowest BCUT2D eigenvalue weighted by atomic mass is 10.1. The van der Waals surface area contributed by atoms with Gasteiger partial charge in [0.05, 0.1) is 30.7 Å². The first-order valence-electron chi connectivity index (χ1n) is 8.53. The van der Waals surface area contributed by atoms with E-state index in [2.05, 4.69) is 35.7 Å². The van der Waals surface area contributed by atoms with Crippen LogP contribution in [0.5, 0.6) is 11.6 Å². The summed E-state index contributed by atoms with van der Waals surface area (Å²) >= 11 is 0. The van der Waals surface area contributed by atoms with E-state index in [4.69, 9.17) is 4.74 Å². The summed E-state index contributed by atoms with van der Waals surface area (Å²) < 4.78 is 5.51. The average molecular weight is 375 g/mol. The first-order chi connectivity index (χ1) is 13.6. The zero-order valence-electron chi connectivity index (χ0n) is 15.3. The Morgan fingerprint density at radius 1 is 1.00 bits per heavy atom. The highest BCUT2D eigenvalue weighted by Gasteiger charge is 2.13. The van der Waals surface area contributed by atoms with Crippen LogP contribution < -0.4 is 10.1 Å². The second-order valence-corrected chi connectivity index (χ2v) is 6.09. The van der Waals surface area contributed by atoms with E-state index in [1.165, 1.54) is 12.4 Å². The molecule has 0 spiro atoms. The van der Waals surface area contributed by atoms with Crippen LogP contribution in [0.4, 0.5) is 5.82 Å². The first-order valence-corrected chi connectivity index (χ1v) is 8.53. The van der Waals surface area contributed by atoms with Gasteiger partial charge in [-0.05, 0) is 37.3 Å². The number of aromatic nitrogens is 6. The van der Waals surface area contributed by atoms with Gasteiger partial charge >= 0.3 is 0 Å². The molecule has 28 heavy (non-hydrogen) atoms. The first kappa shape index (κ1) is 17.5. The molecule has 0 unspecified atom stereocenters. The lowest BCUT2D eigenvalue weighted by Crippen LogP contribution is -2.06. The predicted molar refractivity (Wildman–Crippen MR) is 103 cm³/mol. The van der Waals surface area contributed by atoms with E-state index in [1.54, 1.807) is 13.2 Å². The van der Waals surface area contributed by atoms with Crippen molar-refractivity contribution in [3.8, 4) is 22.9 Å². The van der Waals surface area contributed by atoms with Crippen LogP contribution in [-0.4, -0.2) is 42.6 Å². The fourth-order valence-electron chi connectivity index (χ4n) is 2.75. The number of fused-ring (bicyclic) bond motifs is 1. The van der Waals surface area contributed by atoms with Crippen molar-refractivity contribution in [2.45, 2.75) is 13.5 Å². The molecule has 0 bridgehead atoms. The quantitative estimate of drug-likeness (QED) is 0.542. The third kappa shape index (κ3) is 3.50.